The zero-order valence-corrected chi connectivity index (χ0v) is 10.6. The third-order valence-corrected chi connectivity index (χ3v) is 2.90. The molecule has 1 aromatic rings. The van der Waals surface area contributed by atoms with Crippen LogP contribution in [0.3, 0.4) is 0 Å². The fraction of sp³-hybridized carbons (Fsp3) is 0.667. The molecule has 0 saturated carbocycles. The zero-order chi connectivity index (χ0) is 12.4. The molecule has 0 spiro atoms. The lowest BCUT2D eigenvalue weighted by Gasteiger charge is -2.33. The molecule has 2 rings (SSSR count). The number of morpholine rings is 1. The molecule has 1 saturated heterocycles. The molecule has 1 atom stereocenters. The molecule has 0 radical (unpaired) electrons. The quantitative estimate of drug-likeness (QED) is 0.842. The Kier molecular flexibility index (Phi) is 3.47. The molecule has 0 aromatic carbocycles. The Morgan fingerprint density at radius 2 is 2.41 bits per heavy atom. The summed E-state index contributed by atoms with van der Waals surface area (Å²) in [6.07, 6.45) is 1.65. The van der Waals surface area contributed by atoms with Crippen LogP contribution >= 0.6 is 0 Å². The van der Waals surface area contributed by atoms with Crippen molar-refractivity contribution in [2.45, 2.75) is 26.9 Å². The average molecular weight is 237 g/mol. The van der Waals surface area contributed by atoms with Gasteiger partial charge in [0.05, 0.1) is 13.2 Å². The molecule has 5 nitrogen and oxygen atoms in total. The van der Waals surface area contributed by atoms with Crippen molar-refractivity contribution in [1.82, 2.24) is 14.9 Å². The Balaban J connectivity index is 2.04. The Labute approximate surface area is 101 Å². The average Bonchev–Trinajstić information content (AvgIpc) is 2.75. The molecular weight excluding hydrogens is 218 g/mol. The summed E-state index contributed by atoms with van der Waals surface area (Å²) in [5, 5.41) is 0. The third kappa shape index (κ3) is 2.66. The van der Waals surface area contributed by atoms with Gasteiger partial charge in [0.1, 0.15) is 11.9 Å². The lowest BCUT2D eigenvalue weighted by molar-refractivity contribution is -0.142. The predicted octanol–water partition coefficient (Wildman–Crippen LogP) is 1.27. The van der Waals surface area contributed by atoms with E-state index >= 15 is 0 Å². The Hall–Kier alpha value is -1.36. The van der Waals surface area contributed by atoms with Crippen molar-refractivity contribution in [3.05, 3.63) is 17.7 Å². The molecule has 1 fully saturated rings. The van der Waals surface area contributed by atoms with Crippen molar-refractivity contribution >= 4 is 5.91 Å². The number of amides is 1. The molecule has 1 N–H and O–H groups in total. The molecule has 1 aliphatic heterocycles. The van der Waals surface area contributed by atoms with Crippen LogP contribution in [0, 0.1) is 12.8 Å². The molecule has 0 bridgehead atoms. The number of aryl methyl sites for hydroxylation is 1. The summed E-state index contributed by atoms with van der Waals surface area (Å²) in [5.74, 6) is 1.03. The first-order chi connectivity index (χ1) is 8.08. The fourth-order valence-electron chi connectivity index (χ4n) is 1.98. The van der Waals surface area contributed by atoms with E-state index in [1.54, 1.807) is 6.20 Å². The second-order valence-electron chi connectivity index (χ2n) is 4.75. The lowest BCUT2D eigenvalue weighted by Crippen LogP contribution is -2.44. The predicted molar refractivity (Wildman–Crippen MR) is 63.4 cm³/mol. The highest BCUT2D eigenvalue weighted by Crippen LogP contribution is 2.20. The standard InChI is InChI=1S/C12H19N3O2/c1-8(2)12(16)15-4-5-17-10(7-15)11-13-6-9(3)14-11/h6,8,10H,4-5,7H2,1-3H3,(H,13,14)/t10-/m1/s1. The maximum atomic E-state index is 11.9. The number of ether oxygens (including phenoxy) is 1. The van der Waals surface area contributed by atoms with Gasteiger partial charge in [-0.1, -0.05) is 13.8 Å². The maximum absolute atomic E-state index is 11.9. The van der Waals surface area contributed by atoms with E-state index in [9.17, 15) is 4.79 Å². The summed E-state index contributed by atoms with van der Waals surface area (Å²) in [4.78, 5) is 21.2. The number of H-pyrrole nitrogens is 1. The summed E-state index contributed by atoms with van der Waals surface area (Å²) in [7, 11) is 0. The number of aromatic amines is 1. The highest BCUT2D eigenvalue weighted by molar-refractivity contribution is 5.78. The smallest absolute Gasteiger partial charge is 0.225 e. The van der Waals surface area contributed by atoms with Crippen LogP contribution in [0.1, 0.15) is 31.5 Å². The number of imidazole rings is 1. The van der Waals surface area contributed by atoms with Gasteiger partial charge in [0.15, 0.2) is 0 Å². The highest BCUT2D eigenvalue weighted by atomic mass is 16.5. The zero-order valence-electron chi connectivity index (χ0n) is 10.6. The van der Waals surface area contributed by atoms with Crippen molar-refractivity contribution < 1.29 is 9.53 Å². The van der Waals surface area contributed by atoms with E-state index in [2.05, 4.69) is 9.97 Å². The van der Waals surface area contributed by atoms with Crippen molar-refractivity contribution in [2.24, 2.45) is 5.92 Å². The summed E-state index contributed by atoms with van der Waals surface area (Å²) in [6.45, 7) is 7.63. The second kappa shape index (κ2) is 4.87. The van der Waals surface area contributed by atoms with Gasteiger partial charge in [0.2, 0.25) is 5.91 Å². The number of aromatic nitrogens is 2. The topological polar surface area (TPSA) is 58.2 Å². The summed E-state index contributed by atoms with van der Waals surface area (Å²) in [5.41, 5.74) is 1.01. The molecule has 1 aliphatic rings. The minimum absolute atomic E-state index is 0.0343. The number of rotatable bonds is 2. The monoisotopic (exact) mass is 237 g/mol. The van der Waals surface area contributed by atoms with Crippen LogP contribution in [-0.4, -0.2) is 40.5 Å². The van der Waals surface area contributed by atoms with Gasteiger partial charge in [0, 0.05) is 24.4 Å². The first kappa shape index (κ1) is 12.1. The third-order valence-electron chi connectivity index (χ3n) is 2.90. The number of hydrogen-bond acceptors (Lipinski definition) is 3. The van der Waals surface area contributed by atoms with Gasteiger partial charge in [-0.15, -0.1) is 0 Å². The van der Waals surface area contributed by atoms with E-state index < -0.39 is 0 Å². The van der Waals surface area contributed by atoms with E-state index in [1.807, 2.05) is 25.7 Å². The molecule has 0 aliphatic carbocycles. The first-order valence-corrected chi connectivity index (χ1v) is 6.00. The van der Waals surface area contributed by atoms with Crippen LogP contribution in [-0.2, 0) is 9.53 Å². The highest BCUT2D eigenvalue weighted by Gasteiger charge is 2.27. The summed E-state index contributed by atoms with van der Waals surface area (Å²) >= 11 is 0. The van der Waals surface area contributed by atoms with E-state index in [0.717, 1.165) is 11.5 Å². The fourth-order valence-corrected chi connectivity index (χ4v) is 1.98. The first-order valence-electron chi connectivity index (χ1n) is 6.00. The van der Waals surface area contributed by atoms with Gasteiger partial charge < -0.3 is 14.6 Å². The van der Waals surface area contributed by atoms with Crippen LogP contribution in [0.15, 0.2) is 6.20 Å². The Morgan fingerprint density at radius 3 is 3.00 bits per heavy atom. The van der Waals surface area contributed by atoms with E-state index in [-0.39, 0.29) is 17.9 Å². The van der Waals surface area contributed by atoms with Crippen molar-refractivity contribution in [3.8, 4) is 0 Å². The molecule has 2 heterocycles. The van der Waals surface area contributed by atoms with E-state index in [1.165, 1.54) is 0 Å². The van der Waals surface area contributed by atoms with Crippen molar-refractivity contribution in [3.63, 3.8) is 0 Å². The van der Waals surface area contributed by atoms with Gasteiger partial charge in [0.25, 0.3) is 0 Å². The Morgan fingerprint density at radius 1 is 1.65 bits per heavy atom. The minimum atomic E-state index is -0.125. The number of carbonyl (C=O) groups is 1. The molecule has 1 aromatic heterocycles. The van der Waals surface area contributed by atoms with Crippen molar-refractivity contribution in [1.29, 1.82) is 0 Å². The number of hydrogen-bond donors (Lipinski definition) is 1. The number of nitrogens with zero attached hydrogens (tertiary/aromatic N) is 2. The molecule has 5 heteroatoms. The van der Waals surface area contributed by atoms with Gasteiger partial charge in [-0.05, 0) is 6.92 Å². The Bertz CT molecular complexity index is 400. The van der Waals surface area contributed by atoms with Crippen LogP contribution in [0.4, 0.5) is 0 Å². The minimum Gasteiger partial charge on any atom is -0.367 e. The van der Waals surface area contributed by atoms with Crippen LogP contribution in [0.2, 0.25) is 0 Å². The molecule has 17 heavy (non-hydrogen) atoms. The largest absolute Gasteiger partial charge is 0.367 e. The van der Waals surface area contributed by atoms with Crippen LogP contribution in [0.25, 0.3) is 0 Å². The van der Waals surface area contributed by atoms with Gasteiger partial charge >= 0.3 is 0 Å². The van der Waals surface area contributed by atoms with E-state index in [0.29, 0.717) is 19.7 Å². The number of nitrogens with one attached hydrogen (secondary N) is 1. The van der Waals surface area contributed by atoms with Gasteiger partial charge in [-0.3, -0.25) is 4.79 Å². The lowest BCUT2D eigenvalue weighted by atomic mass is 10.1. The van der Waals surface area contributed by atoms with Crippen LogP contribution < -0.4 is 0 Å². The van der Waals surface area contributed by atoms with Crippen molar-refractivity contribution in [2.75, 3.05) is 19.7 Å². The summed E-state index contributed by atoms with van der Waals surface area (Å²) in [6, 6.07) is 0. The number of carbonyl (C=O) groups excluding carboxylic acids is 1. The molecule has 0 unspecified atom stereocenters. The summed E-state index contributed by atoms with van der Waals surface area (Å²) < 4.78 is 5.65. The van der Waals surface area contributed by atoms with Gasteiger partial charge in [-0.2, -0.15) is 0 Å². The van der Waals surface area contributed by atoms with Gasteiger partial charge in [-0.25, -0.2) is 4.98 Å². The van der Waals surface area contributed by atoms with Crippen LogP contribution in [0.5, 0.6) is 0 Å². The maximum Gasteiger partial charge on any atom is 0.225 e. The molecule has 1 amide bonds. The molecule has 94 valence electrons. The SMILES string of the molecule is Cc1cnc([C@H]2CN(C(=O)C(C)C)CCO2)[nH]1. The van der Waals surface area contributed by atoms with E-state index in [4.69, 9.17) is 4.74 Å². The normalized spacial score (nSPS) is 20.9. The molecular formula is C12H19N3O2. The second-order valence-corrected chi connectivity index (χ2v) is 4.75.